The maximum absolute atomic E-state index is 13.0. The number of guanidine groups is 1. The van der Waals surface area contributed by atoms with Crippen LogP contribution in [0.15, 0.2) is 16.1 Å². The Labute approximate surface area is 249 Å². The van der Waals surface area contributed by atoms with Crippen LogP contribution < -0.4 is 20.6 Å². The van der Waals surface area contributed by atoms with Crippen LogP contribution in [-0.4, -0.2) is 98.0 Å². The van der Waals surface area contributed by atoms with Crippen LogP contribution in [0.2, 0.25) is 0 Å². The molecule has 6 rings (SSSR count). The molecular weight excluding hydrogens is 536 g/mol. The Morgan fingerprint density at radius 3 is 2.88 bits per heavy atom. The molecule has 6 aliphatic rings. The molecule has 1 saturated heterocycles. The number of carboxylic acids is 1. The summed E-state index contributed by atoms with van der Waals surface area (Å²) in [5.74, 6) is 7.13. The molecule has 0 aromatic carbocycles. The first kappa shape index (κ1) is 30.0. The van der Waals surface area contributed by atoms with Crippen LogP contribution in [0.25, 0.3) is 0 Å². The number of carboxylic acid groups (broad SMARTS) is 1. The zero-order chi connectivity index (χ0) is 29.7. The molecule has 0 aromatic rings. The Bertz CT molecular complexity index is 1200. The fraction of sp³-hybridized carbons (Fsp3) is 0.812. The molecule has 6 N–H and O–H groups in total. The number of hydrogen-bond donors (Lipinski definition) is 6. The Balaban J connectivity index is 1.48. The number of carbonyl (C=O) groups excluding carboxylic acids is 1. The summed E-state index contributed by atoms with van der Waals surface area (Å²) >= 11 is 0. The van der Waals surface area contributed by atoms with Crippen molar-refractivity contribution in [1.29, 1.82) is 0 Å². The average Bonchev–Trinajstić information content (AvgIpc) is 3.33. The minimum Gasteiger partial charge on any atom is -0.545 e. The van der Waals surface area contributed by atoms with Gasteiger partial charge in [-0.2, -0.15) is 0 Å². The smallest absolute Gasteiger partial charge is 0.296 e. The van der Waals surface area contributed by atoms with Gasteiger partial charge in [0.25, 0.3) is 5.96 Å². The molecule has 0 radical (unpaired) electrons. The number of nitrogens with one attached hydrogen (secondary N) is 3. The van der Waals surface area contributed by atoms with Crippen molar-refractivity contribution in [3.63, 3.8) is 0 Å². The number of hydrogen-bond acceptors (Lipinski definition) is 8. The minimum absolute atomic E-state index is 0.0350. The van der Waals surface area contributed by atoms with Crippen LogP contribution in [0.3, 0.4) is 0 Å². The fourth-order valence-corrected chi connectivity index (χ4v) is 10.6. The van der Waals surface area contributed by atoms with Crippen LogP contribution in [0.5, 0.6) is 0 Å². The first-order valence-corrected chi connectivity index (χ1v) is 16.0. The number of allylic oxidation sites excluding steroid dienone is 1. The number of quaternary nitrogens is 1. The summed E-state index contributed by atoms with van der Waals surface area (Å²) in [5.41, 5.74) is -1.66. The highest BCUT2D eigenvalue weighted by Crippen LogP contribution is 2.77. The fourth-order valence-electron chi connectivity index (χ4n) is 10.6. The van der Waals surface area contributed by atoms with Gasteiger partial charge in [-0.3, -0.25) is 4.90 Å². The van der Waals surface area contributed by atoms with Crippen molar-refractivity contribution in [1.82, 2.24) is 10.6 Å². The third-order valence-corrected chi connectivity index (χ3v) is 12.0. The van der Waals surface area contributed by atoms with Gasteiger partial charge in [-0.15, -0.1) is 0 Å². The van der Waals surface area contributed by atoms with Crippen LogP contribution in [0.4, 0.5) is 0 Å². The van der Waals surface area contributed by atoms with E-state index in [-0.39, 0.29) is 54.0 Å². The number of fused-ring (bicyclic) bond motifs is 1. The predicted molar refractivity (Wildman–Crippen MR) is 154 cm³/mol. The predicted octanol–water partition coefficient (Wildman–Crippen LogP) is -1.78. The van der Waals surface area contributed by atoms with Crippen molar-refractivity contribution in [2.45, 2.75) is 76.1 Å². The first-order valence-electron chi connectivity index (χ1n) is 16.0. The van der Waals surface area contributed by atoms with E-state index in [0.717, 1.165) is 56.7 Å². The molecule has 10 unspecified atom stereocenters. The second-order valence-corrected chi connectivity index (χ2v) is 13.9. The molecule has 5 bridgehead atoms. The summed E-state index contributed by atoms with van der Waals surface area (Å²) in [5, 5.41) is 52.1. The lowest BCUT2D eigenvalue weighted by atomic mass is 9.43. The summed E-state index contributed by atoms with van der Waals surface area (Å²) in [6, 6.07) is 0. The highest BCUT2D eigenvalue weighted by molar-refractivity contribution is 5.90. The number of ether oxygens (including phenoxy) is 1. The molecule has 10 atom stereocenters. The first-order chi connectivity index (χ1) is 20.2. The topological polar surface area (TPSA) is 151 Å². The van der Waals surface area contributed by atoms with Crippen molar-refractivity contribution in [2.24, 2.45) is 39.5 Å². The Morgan fingerprint density at radius 1 is 1.31 bits per heavy atom. The SMILES string of the molecule is CN=C1NCC#CC2CC(C)C34CC(O)(COC5CCCC(O)C5)C(C(=O)[O-])=C3CC2C42C[NH+]1CCC2CNCCO. The lowest BCUT2D eigenvalue weighted by Crippen LogP contribution is -3.19. The summed E-state index contributed by atoms with van der Waals surface area (Å²) in [6.45, 7) is 5.61. The van der Waals surface area contributed by atoms with E-state index < -0.39 is 23.1 Å². The molecule has 0 aromatic heterocycles. The quantitative estimate of drug-likeness (QED) is 0.145. The Hall–Kier alpha value is -2.00. The van der Waals surface area contributed by atoms with Crippen LogP contribution >= 0.6 is 0 Å². The second-order valence-electron chi connectivity index (χ2n) is 13.9. The highest BCUT2D eigenvalue weighted by atomic mass is 16.5. The lowest BCUT2D eigenvalue weighted by molar-refractivity contribution is -0.830. The summed E-state index contributed by atoms with van der Waals surface area (Å²) in [6.07, 6.45) is 4.92. The molecule has 2 aliphatic heterocycles. The van der Waals surface area contributed by atoms with Gasteiger partial charge in [0.05, 0.1) is 51.0 Å². The summed E-state index contributed by atoms with van der Waals surface area (Å²) < 4.78 is 6.25. The number of aliphatic imine (C=N–C) groups is 1. The van der Waals surface area contributed by atoms with Crippen molar-refractivity contribution in [3.8, 4) is 11.8 Å². The van der Waals surface area contributed by atoms with E-state index in [4.69, 9.17) is 4.74 Å². The summed E-state index contributed by atoms with van der Waals surface area (Å²) in [4.78, 5) is 18.9. The number of rotatable bonds is 8. The molecular formula is C32H48N4O6. The van der Waals surface area contributed by atoms with E-state index in [9.17, 15) is 25.2 Å². The average molecular weight is 585 g/mol. The molecule has 2 heterocycles. The molecule has 4 fully saturated rings. The van der Waals surface area contributed by atoms with Gasteiger partial charge in [0.2, 0.25) is 0 Å². The number of aliphatic hydroxyl groups excluding tert-OH is 2. The van der Waals surface area contributed by atoms with Crippen molar-refractivity contribution < 1.29 is 34.9 Å². The second kappa shape index (κ2) is 11.5. The number of aliphatic hydroxyl groups is 3. The summed E-state index contributed by atoms with van der Waals surface area (Å²) in [7, 11) is 1.81. The number of aliphatic carboxylic acids is 1. The molecule has 0 amide bonds. The van der Waals surface area contributed by atoms with Gasteiger partial charge < -0.3 is 40.6 Å². The maximum Gasteiger partial charge on any atom is 0.296 e. The molecule has 10 nitrogen and oxygen atoms in total. The lowest BCUT2D eigenvalue weighted by Gasteiger charge is -2.62. The van der Waals surface area contributed by atoms with E-state index >= 15 is 0 Å². The molecule has 42 heavy (non-hydrogen) atoms. The van der Waals surface area contributed by atoms with E-state index in [1.165, 1.54) is 4.90 Å². The van der Waals surface area contributed by atoms with E-state index in [0.29, 0.717) is 38.9 Å². The zero-order valence-corrected chi connectivity index (χ0v) is 25.1. The van der Waals surface area contributed by atoms with Crippen molar-refractivity contribution >= 4 is 11.9 Å². The maximum atomic E-state index is 13.0. The highest BCUT2D eigenvalue weighted by Gasteiger charge is 2.77. The normalized spacial score (nSPS) is 45.2. The number of piperidine rings is 1. The van der Waals surface area contributed by atoms with Crippen molar-refractivity contribution in [2.75, 3.05) is 53.0 Å². The van der Waals surface area contributed by atoms with Crippen LogP contribution in [0, 0.1) is 46.3 Å². The van der Waals surface area contributed by atoms with Gasteiger partial charge in [0.1, 0.15) is 5.60 Å². The van der Waals surface area contributed by atoms with Gasteiger partial charge >= 0.3 is 0 Å². The van der Waals surface area contributed by atoms with Crippen molar-refractivity contribution in [3.05, 3.63) is 11.1 Å². The van der Waals surface area contributed by atoms with E-state index in [1.807, 2.05) is 7.05 Å². The standard InChI is InChI=1S/C32H48N4O6/c1-20-13-21-5-4-9-35-29(33-2)36-11-8-22(16-34-10-12-37)32(18-36)25(21)15-26-27(28(39)40)30(41,17-31(20,26)32)19-42-24-7-3-6-23(38)14-24/h20-25,34,37-38,41H,3,6-19H2,1-2H3,(H,33,35)(H,39,40). The monoisotopic (exact) mass is 584 g/mol. The minimum atomic E-state index is -1.67. The van der Waals surface area contributed by atoms with Gasteiger partial charge in [-0.1, -0.05) is 24.3 Å². The molecule has 3 saturated carbocycles. The molecule has 2 spiro atoms. The molecule has 232 valence electrons. The van der Waals surface area contributed by atoms with Gasteiger partial charge in [0.15, 0.2) is 0 Å². The number of nitrogens with zero attached hydrogens (tertiary/aromatic N) is 1. The zero-order valence-electron chi connectivity index (χ0n) is 25.1. The van der Waals surface area contributed by atoms with Gasteiger partial charge in [-0.25, -0.2) is 4.99 Å². The van der Waals surface area contributed by atoms with Gasteiger partial charge in [-0.05, 0) is 69.2 Å². The molecule has 4 aliphatic carbocycles. The van der Waals surface area contributed by atoms with Crippen LogP contribution in [0.1, 0.15) is 58.3 Å². The van der Waals surface area contributed by atoms with Crippen LogP contribution in [-0.2, 0) is 9.53 Å². The third kappa shape index (κ3) is 4.54. The Morgan fingerprint density at radius 2 is 2.14 bits per heavy atom. The molecule has 10 heteroatoms. The number of carbonyl (C=O) groups is 1. The Kier molecular flexibility index (Phi) is 8.22. The van der Waals surface area contributed by atoms with E-state index in [2.05, 4.69) is 34.4 Å². The van der Waals surface area contributed by atoms with Gasteiger partial charge in [0, 0.05) is 42.3 Å². The largest absolute Gasteiger partial charge is 0.545 e. The third-order valence-electron chi connectivity index (χ3n) is 12.0. The van der Waals surface area contributed by atoms with E-state index in [1.54, 1.807) is 0 Å².